The third-order valence-electron chi connectivity index (χ3n) is 3.78. The van der Waals surface area contributed by atoms with E-state index in [1.54, 1.807) is 0 Å². The summed E-state index contributed by atoms with van der Waals surface area (Å²) in [6, 6.07) is 24.1. The fourth-order valence-electron chi connectivity index (χ4n) is 2.44. The number of rotatable bonds is 7. The van der Waals surface area contributed by atoms with E-state index in [2.05, 4.69) is 36.4 Å². The molecule has 0 radical (unpaired) electrons. The van der Waals surface area contributed by atoms with Crippen molar-refractivity contribution >= 4 is 17.5 Å². The van der Waals surface area contributed by atoms with E-state index in [0.29, 0.717) is 6.54 Å². The Morgan fingerprint density at radius 2 is 1.46 bits per heavy atom. The Kier molecular flexibility index (Phi) is 5.80. The first-order valence-corrected chi connectivity index (χ1v) is 9.04. The van der Waals surface area contributed by atoms with Crippen LogP contribution in [0.4, 0.5) is 0 Å². The summed E-state index contributed by atoms with van der Waals surface area (Å²) in [4.78, 5) is 13.5. The van der Waals surface area contributed by atoms with Gasteiger partial charge in [0.25, 0.3) is 0 Å². The molecule has 2 nitrogen and oxygen atoms in total. The van der Waals surface area contributed by atoms with Crippen LogP contribution >= 0.6 is 11.8 Å². The molecule has 24 heavy (non-hydrogen) atoms. The van der Waals surface area contributed by atoms with Crippen LogP contribution in [0, 0.1) is 0 Å². The summed E-state index contributed by atoms with van der Waals surface area (Å²) in [5.74, 6) is 1.18. The average Bonchev–Trinajstić information content (AvgIpc) is 2.65. The first-order valence-electron chi connectivity index (χ1n) is 8.05. The van der Waals surface area contributed by atoms with Gasteiger partial charge in [-0.05, 0) is 24.1 Å². The number of ketones is 1. The molecule has 0 bridgehead atoms. The molecule has 0 saturated heterocycles. The number of thioether (sulfide) groups is 1. The van der Waals surface area contributed by atoms with Crippen molar-refractivity contribution < 1.29 is 9.36 Å². The molecule has 0 aliphatic carbocycles. The van der Waals surface area contributed by atoms with Crippen LogP contribution in [-0.4, -0.2) is 11.5 Å². The Morgan fingerprint density at radius 3 is 2.12 bits per heavy atom. The van der Waals surface area contributed by atoms with E-state index in [1.165, 1.54) is 10.5 Å². The number of hydrogen-bond donors (Lipinski definition) is 0. The van der Waals surface area contributed by atoms with E-state index in [4.69, 9.17) is 0 Å². The smallest absolute Gasteiger partial charge is 0.227 e. The zero-order chi connectivity index (χ0) is 16.6. The van der Waals surface area contributed by atoms with Crippen LogP contribution in [0.3, 0.4) is 0 Å². The molecule has 120 valence electrons. The Bertz CT molecular complexity index is 770. The third-order valence-corrected chi connectivity index (χ3v) is 4.80. The van der Waals surface area contributed by atoms with Crippen molar-refractivity contribution in [1.82, 2.24) is 0 Å². The van der Waals surface area contributed by atoms with Crippen molar-refractivity contribution in [3.63, 3.8) is 0 Å². The van der Waals surface area contributed by atoms with Gasteiger partial charge in [-0.15, -0.1) is 11.8 Å². The van der Waals surface area contributed by atoms with E-state index >= 15 is 0 Å². The van der Waals surface area contributed by atoms with Gasteiger partial charge in [-0.25, -0.2) is 0 Å². The maximum absolute atomic E-state index is 12.2. The van der Waals surface area contributed by atoms with Crippen molar-refractivity contribution in [1.29, 1.82) is 0 Å². The predicted octanol–water partition coefficient (Wildman–Crippen LogP) is 4.19. The van der Waals surface area contributed by atoms with Gasteiger partial charge in [0.1, 0.15) is 0 Å². The molecular weight excluding hydrogens is 314 g/mol. The minimum atomic E-state index is 0.132. The largest absolute Gasteiger partial charge is 0.287 e. The lowest BCUT2D eigenvalue weighted by atomic mass is 10.1. The molecule has 3 aromatic rings. The second-order valence-electron chi connectivity index (χ2n) is 5.58. The van der Waals surface area contributed by atoms with Crippen LogP contribution < -0.4 is 4.57 Å². The zero-order valence-electron chi connectivity index (χ0n) is 13.5. The number of carbonyl (C=O) groups is 1. The number of Topliss-reactive ketones (excluding diaryl/α,β-unsaturated/α-hetero) is 1. The van der Waals surface area contributed by atoms with Gasteiger partial charge in [-0.1, -0.05) is 48.5 Å². The zero-order valence-corrected chi connectivity index (χ0v) is 14.3. The van der Waals surface area contributed by atoms with Gasteiger partial charge < -0.3 is 0 Å². The van der Waals surface area contributed by atoms with Gasteiger partial charge >= 0.3 is 0 Å². The standard InChI is InChI=1S/C21H20NOS/c23-21(19-7-3-1-4-8-19)17-22-14-11-18(12-15-22)13-16-24-20-9-5-2-6-10-20/h1-12,14-15H,13,16-17H2/q+1. The maximum Gasteiger partial charge on any atom is 0.227 e. The van der Waals surface area contributed by atoms with Crippen LogP contribution in [0.1, 0.15) is 15.9 Å². The molecule has 0 atom stereocenters. The quantitative estimate of drug-likeness (QED) is 0.367. The van der Waals surface area contributed by atoms with Gasteiger partial charge in [-0.2, -0.15) is 4.57 Å². The van der Waals surface area contributed by atoms with E-state index in [-0.39, 0.29) is 5.78 Å². The molecule has 0 aliphatic heterocycles. The van der Waals surface area contributed by atoms with Crippen molar-refractivity contribution in [3.8, 4) is 0 Å². The van der Waals surface area contributed by atoms with Gasteiger partial charge in [0.15, 0.2) is 12.4 Å². The van der Waals surface area contributed by atoms with Crippen LogP contribution in [0.25, 0.3) is 0 Å². The molecule has 0 spiro atoms. The van der Waals surface area contributed by atoms with Crippen molar-refractivity contribution in [3.05, 3.63) is 96.3 Å². The lowest BCUT2D eigenvalue weighted by molar-refractivity contribution is -0.683. The molecule has 3 rings (SSSR count). The second kappa shape index (κ2) is 8.46. The number of carbonyl (C=O) groups excluding carboxylic acids is 1. The van der Waals surface area contributed by atoms with Gasteiger partial charge in [0, 0.05) is 28.3 Å². The second-order valence-corrected chi connectivity index (χ2v) is 6.75. The number of aryl methyl sites for hydroxylation is 1. The van der Waals surface area contributed by atoms with Crippen LogP contribution in [0.5, 0.6) is 0 Å². The molecule has 0 N–H and O–H groups in total. The lowest BCUT2D eigenvalue weighted by Gasteiger charge is -2.02. The summed E-state index contributed by atoms with van der Waals surface area (Å²) >= 11 is 1.87. The van der Waals surface area contributed by atoms with Crippen molar-refractivity contribution in [2.45, 2.75) is 17.9 Å². The fraction of sp³-hybridized carbons (Fsp3) is 0.143. The highest BCUT2D eigenvalue weighted by Gasteiger charge is 2.11. The van der Waals surface area contributed by atoms with Gasteiger partial charge in [0.2, 0.25) is 12.3 Å². The van der Waals surface area contributed by atoms with E-state index in [0.717, 1.165) is 17.7 Å². The van der Waals surface area contributed by atoms with E-state index in [9.17, 15) is 4.79 Å². The summed E-state index contributed by atoms with van der Waals surface area (Å²) in [6.07, 6.45) is 5.00. The van der Waals surface area contributed by atoms with Gasteiger partial charge in [0.05, 0.1) is 0 Å². The molecular formula is C21H20NOS+. The number of pyridine rings is 1. The molecule has 0 aliphatic rings. The predicted molar refractivity (Wildman–Crippen MR) is 98.3 cm³/mol. The topological polar surface area (TPSA) is 20.9 Å². The Hall–Kier alpha value is -2.39. The molecule has 3 heteroatoms. The minimum absolute atomic E-state index is 0.132. The van der Waals surface area contributed by atoms with Crippen LogP contribution in [-0.2, 0) is 13.0 Å². The first-order chi connectivity index (χ1) is 11.8. The SMILES string of the molecule is O=C(C[n+]1ccc(CCSc2ccccc2)cc1)c1ccccc1. The summed E-state index contributed by atoms with van der Waals surface area (Å²) in [5.41, 5.74) is 2.05. The molecule has 1 heterocycles. The highest BCUT2D eigenvalue weighted by atomic mass is 32.2. The fourth-order valence-corrected chi connectivity index (χ4v) is 3.37. The number of nitrogens with zero attached hydrogens (tertiary/aromatic N) is 1. The molecule has 2 aromatic carbocycles. The minimum Gasteiger partial charge on any atom is -0.287 e. The normalized spacial score (nSPS) is 10.5. The lowest BCUT2D eigenvalue weighted by Crippen LogP contribution is -2.37. The Morgan fingerprint density at radius 1 is 0.833 bits per heavy atom. The van der Waals surface area contributed by atoms with Gasteiger partial charge in [-0.3, -0.25) is 4.79 Å². The Balaban J connectivity index is 1.51. The third kappa shape index (κ3) is 4.80. The number of hydrogen-bond acceptors (Lipinski definition) is 2. The van der Waals surface area contributed by atoms with E-state index < -0.39 is 0 Å². The summed E-state index contributed by atoms with van der Waals surface area (Å²) in [5, 5.41) is 0. The first kappa shape index (κ1) is 16.5. The highest BCUT2D eigenvalue weighted by Crippen LogP contribution is 2.18. The Labute approximate surface area is 147 Å². The molecule has 0 fully saturated rings. The molecule has 0 unspecified atom stereocenters. The van der Waals surface area contributed by atoms with Crippen LogP contribution in [0.15, 0.2) is 90.1 Å². The molecule has 0 amide bonds. The van der Waals surface area contributed by atoms with E-state index in [1.807, 2.05) is 65.1 Å². The molecule has 1 aromatic heterocycles. The monoisotopic (exact) mass is 334 g/mol. The van der Waals surface area contributed by atoms with Crippen LogP contribution in [0.2, 0.25) is 0 Å². The highest BCUT2D eigenvalue weighted by molar-refractivity contribution is 7.99. The maximum atomic E-state index is 12.2. The number of aromatic nitrogens is 1. The number of benzene rings is 2. The average molecular weight is 334 g/mol. The molecule has 0 saturated carbocycles. The van der Waals surface area contributed by atoms with Crippen molar-refractivity contribution in [2.75, 3.05) is 5.75 Å². The van der Waals surface area contributed by atoms with Crippen molar-refractivity contribution in [2.24, 2.45) is 0 Å². The summed E-state index contributed by atoms with van der Waals surface area (Å²) in [7, 11) is 0. The summed E-state index contributed by atoms with van der Waals surface area (Å²) < 4.78 is 1.93. The summed E-state index contributed by atoms with van der Waals surface area (Å²) in [6.45, 7) is 0.378.